The summed E-state index contributed by atoms with van der Waals surface area (Å²) in [5.41, 5.74) is 6.07. The second kappa shape index (κ2) is 6.73. The second-order valence-electron chi connectivity index (χ2n) is 3.32. The molecule has 0 aliphatic rings. The van der Waals surface area contributed by atoms with Crippen LogP contribution in [0.25, 0.3) is 0 Å². The van der Waals surface area contributed by atoms with Crippen LogP contribution in [-0.4, -0.2) is 27.4 Å². The number of hydrogen-bond donors (Lipinski definition) is 2. The van der Waals surface area contributed by atoms with E-state index in [0.29, 0.717) is 18.8 Å². The number of nitrogens with zero attached hydrogens (tertiary/aromatic N) is 3. The summed E-state index contributed by atoms with van der Waals surface area (Å²) in [4.78, 5) is 11.4. The standard InChI is InChI=1S/C10H17N5O/c1-2-3-4-5-12-10(16)8-15-7-9(6-11)13-14-15/h2-3,7H,4-6,8,11H2,1H3,(H,12,16)/b3-2+. The van der Waals surface area contributed by atoms with Crippen molar-refractivity contribution in [1.29, 1.82) is 0 Å². The van der Waals surface area contributed by atoms with E-state index in [1.165, 1.54) is 4.68 Å². The van der Waals surface area contributed by atoms with Crippen molar-refractivity contribution in [1.82, 2.24) is 20.3 Å². The molecule has 0 unspecified atom stereocenters. The van der Waals surface area contributed by atoms with Gasteiger partial charge in [-0.2, -0.15) is 0 Å². The quantitative estimate of drug-likeness (QED) is 0.517. The number of aromatic nitrogens is 3. The fourth-order valence-corrected chi connectivity index (χ4v) is 1.17. The molecule has 1 aromatic heterocycles. The molecule has 0 aromatic carbocycles. The Kier molecular flexibility index (Phi) is 5.21. The molecule has 16 heavy (non-hydrogen) atoms. The molecule has 6 nitrogen and oxygen atoms in total. The van der Waals surface area contributed by atoms with Crippen LogP contribution in [-0.2, 0) is 17.9 Å². The Morgan fingerprint density at radius 1 is 1.69 bits per heavy atom. The van der Waals surface area contributed by atoms with E-state index < -0.39 is 0 Å². The lowest BCUT2D eigenvalue weighted by Gasteiger charge is -2.02. The van der Waals surface area contributed by atoms with Gasteiger partial charge in [0.05, 0.1) is 11.9 Å². The molecular weight excluding hydrogens is 206 g/mol. The van der Waals surface area contributed by atoms with Crippen molar-refractivity contribution in [3.63, 3.8) is 0 Å². The van der Waals surface area contributed by atoms with Gasteiger partial charge in [0, 0.05) is 13.1 Å². The predicted molar refractivity (Wildman–Crippen MR) is 60.4 cm³/mol. The molecule has 0 aliphatic carbocycles. The predicted octanol–water partition coefficient (Wildman–Crippen LogP) is -0.181. The van der Waals surface area contributed by atoms with Crippen LogP contribution in [0.1, 0.15) is 19.0 Å². The zero-order valence-electron chi connectivity index (χ0n) is 9.39. The van der Waals surface area contributed by atoms with Crippen molar-refractivity contribution in [2.45, 2.75) is 26.4 Å². The number of carbonyl (C=O) groups is 1. The first kappa shape index (κ1) is 12.4. The minimum atomic E-state index is -0.0713. The van der Waals surface area contributed by atoms with Crippen LogP contribution in [0.2, 0.25) is 0 Å². The van der Waals surface area contributed by atoms with Crippen LogP contribution in [0, 0.1) is 0 Å². The minimum absolute atomic E-state index is 0.0713. The van der Waals surface area contributed by atoms with E-state index in [-0.39, 0.29) is 12.5 Å². The second-order valence-corrected chi connectivity index (χ2v) is 3.32. The van der Waals surface area contributed by atoms with Crippen molar-refractivity contribution < 1.29 is 4.79 Å². The summed E-state index contributed by atoms with van der Waals surface area (Å²) < 4.78 is 1.48. The zero-order valence-corrected chi connectivity index (χ0v) is 9.39. The zero-order chi connectivity index (χ0) is 11.8. The highest BCUT2D eigenvalue weighted by atomic mass is 16.2. The first-order valence-electron chi connectivity index (χ1n) is 5.23. The SMILES string of the molecule is C/C=C/CCNC(=O)Cn1cc(CN)nn1. The summed E-state index contributed by atoms with van der Waals surface area (Å²) in [7, 11) is 0. The molecule has 1 heterocycles. The summed E-state index contributed by atoms with van der Waals surface area (Å²) in [6, 6.07) is 0. The van der Waals surface area contributed by atoms with E-state index in [9.17, 15) is 4.79 Å². The van der Waals surface area contributed by atoms with Gasteiger partial charge in [-0.25, -0.2) is 4.68 Å². The van der Waals surface area contributed by atoms with Gasteiger partial charge in [0.2, 0.25) is 5.91 Å². The molecule has 3 N–H and O–H groups in total. The average Bonchev–Trinajstić information content (AvgIpc) is 2.72. The number of hydrogen-bond acceptors (Lipinski definition) is 4. The molecule has 0 radical (unpaired) electrons. The van der Waals surface area contributed by atoms with Gasteiger partial charge in [0.15, 0.2) is 0 Å². The maximum Gasteiger partial charge on any atom is 0.241 e. The Morgan fingerprint density at radius 3 is 3.12 bits per heavy atom. The van der Waals surface area contributed by atoms with E-state index in [2.05, 4.69) is 15.6 Å². The Hall–Kier alpha value is -1.69. The minimum Gasteiger partial charge on any atom is -0.354 e. The monoisotopic (exact) mass is 223 g/mol. The number of nitrogens with two attached hydrogens (primary N) is 1. The van der Waals surface area contributed by atoms with Gasteiger partial charge in [-0.15, -0.1) is 5.10 Å². The molecule has 1 amide bonds. The summed E-state index contributed by atoms with van der Waals surface area (Å²) in [6.07, 6.45) is 6.47. The molecule has 1 aromatic rings. The Bertz CT molecular complexity index is 358. The smallest absolute Gasteiger partial charge is 0.241 e. The molecule has 0 spiro atoms. The molecule has 6 heteroatoms. The fourth-order valence-electron chi connectivity index (χ4n) is 1.17. The maximum atomic E-state index is 11.4. The Balaban J connectivity index is 2.28. The van der Waals surface area contributed by atoms with Gasteiger partial charge in [-0.1, -0.05) is 17.4 Å². The Labute approximate surface area is 94.5 Å². The van der Waals surface area contributed by atoms with Gasteiger partial charge in [0.1, 0.15) is 6.54 Å². The number of carbonyl (C=O) groups excluding carboxylic acids is 1. The average molecular weight is 223 g/mol. The third kappa shape index (κ3) is 4.22. The highest BCUT2D eigenvalue weighted by molar-refractivity contribution is 5.75. The molecule has 0 saturated heterocycles. The molecule has 88 valence electrons. The lowest BCUT2D eigenvalue weighted by molar-refractivity contribution is -0.121. The van der Waals surface area contributed by atoms with Crippen LogP contribution in [0.4, 0.5) is 0 Å². The summed E-state index contributed by atoms with van der Waals surface area (Å²) in [5.74, 6) is -0.0713. The van der Waals surface area contributed by atoms with Gasteiger partial charge in [-0.3, -0.25) is 4.79 Å². The van der Waals surface area contributed by atoms with E-state index in [4.69, 9.17) is 5.73 Å². The van der Waals surface area contributed by atoms with Crippen molar-refractivity contribution >= 4 is 5.91 Å². The van der Waals surface area contributed by atoms with Crippen molar-refractivity contribution in [3.8, 4) is 0 Å². The van der Waals surface area contributed by atoms with Crippen LogP contribution in [0.3, 0.4) is 0 Å². The fraction of sp³-hybridized carbons (Fsp3) is 0.500. The topological polar surface area (TPSA) is 85.8 Å². The van der Waals surface area contributed by atoms with Gasteiger partial charge in [-0.05, 0) is 13.3 Å². The number of allylic oxidation sites excluding steroid dienone is 1. The van der Waals surface area contributed by atoms with Crippen LogP contribution < -0.4 is 11.1 Å². The van der Waals surface area contributed by atoms with Crippen molar-refractivity contribution in [2.24, 2.45) is 5.73 Å². The molecule has 1 rings (SSSR count). The maximum absolute atomic E-state index is 11.4. The number of nitrogens with one attached hydrogen (secondary N) is 1. The van der Waals surface area contributed by atoms with Crippen LogP contribution >= 0.6 is 0 Å². The largest absolute Gasteiger partial charge is 0.354 e. The molecule has 0 bridgehead atoms. The molecular formula is C10H17N5O. The molecule has 0 saturated carbocycles. The number of rotatable bonds is 6. The summed E-state index contributed by atoms with van der Waals surface area (Å²) >= 11 is 0. The summed E-state index contributed by atoms with van der Waals surface area (Å²) in [5, 5.41) is 10.4. The lowest BCUT2D eigenvalue weighted by Crippen LogP contribution is -2.28. The first-order valence-corrected chi connectivity index (χ1v) is 5.23. The van der Waals surface area contributed by atoms with E-state index in [0.717, 1.165) is 6.42 Å². The van der Waals surface area contributed by atoms with Gasteiger partial charge >= 0.3 is 0 Å². The molecule has 0 aliphatic heterocycles. The number of amides is 1. The van der Waals surface area contributed by atoms with Crippen molar-refractivity contribution in [2.75, 3.05) is 6.54 Å². The highest BCUT2D eigenvalue weighted by Crippen LogP contribution is 1.90. The highest BCUT2D eigenvalue weighted by Gasteiger charge is 2.03. The Morgan fingerprint density at radius 2 is 2.50 bits per heavy atom. The van der Waals surface area contributed by atoms with E-state index in [1.807, 2.05) is 19.1 Å². The molecule has 0 fully saturated rings. The normalized spacial score (nSPS) is 10.9. The lowest BCUT2D eigenvalue weighted by atomic mass is 10.4. The summed E-state index contributed by atoms with van der Waals surface area (Å²) in [6.45, 7) is 3.11. The molecule has 0 atom stereocenters. The third-order valence-corrected chi connectivity index (χ3v) is 1.97. The van der Waals surface area contributed by atoms with E-state index in [1.54, 1.807) is 6.20 Å². The first-order chi connectivity index (χ1) is 7.76. The van der Waals surface area contributed by atoms with Crippen molar-refractivity contribution in [3.05, 3.63) is 24.0 Å². The van der Waals surface area contributed by atoms with Gasteiger partial charge < -0.3 is 11.1 Å². The van der Waals surface area contributed by atoms with Crippen LogP contribution in [0.5, 0.6) is 0 Å². The van der Waals surface area contributed by atoms with E-state index >= 15 is 0 Å². The van der Waals surface area contributed by atoms with Crippen LogP contribution in [0.15, 0.2) is 18.3 Å². The third-order valence-electron chi connectivity index (χ3n) is 1.97. The van der Waals surface area contributed by atoms with Gasteiger partial charge in [0.25, 0.3) is 0 Å².